The van der Waals surface area contributed by atoms with Crippen molar-refractivity contribution in [1.29, 1.82) is 0 Å². The Labute approximate surface area is 172 Å². The van der Waals surface area contributed by atoms with Crippen molar-refractivity contribution in [2.24, 2.45) is 0 Å². The Morgan fingerprint density at radius 2 is 2.00 bits per heavy atom. The van der Waals surface area contributed by atoms with Crippen molar-refractivity contribution in [3.05, 3.63) is 42.5 Å². The number of aliphatic hydroxyl groups is 1. The van der Waals surface area contributed by atoms with Gasteiger partial charge in [0.2, 0.25) is 0 Å². The first kappa shape index (κ1) is 21.3. The van der Waals surface area contributed by atoms with E-state index in [0.29, 0.717) is 12.2 Å². The molecule has 3 rings (SSSR count). The minimum Gasteiger partial charge on any atom is -0.459 e. The second-order valence-corrected chi connectivity index (χ2v) is 7.26. The number of pyridine rings is 1. The van der Waals surface area contributed by atoms with Crippen molar-refractivity contribution in [2.75, 3.05) is 62.6 Å². The summed E-state index contributed by atoms with van der Waals surface area (Å²) in [6.45, 7) is 11.1. The van der Waals surface area contributed by atoms with E-state index in [9.17, 15) is 9.90 Å². The van der Waals surface area contributed by atoms with Crippen LogP contribution in [0.2, 0.25) is 0 Å². The molecule has 1 saturated heterocycles. The average Bonchev–Trinajstić information content (AvgIpc) is 3.28. The summed E-state index contributed by atoms with van der Waals surface area (Å²) < 4.78 is 5.09. The Morgan fingerprint density at radius 3 is 2.59 bits per heavy atom. The molecular weight excluding hydrogens is 370 g/mol. The molecule has 1 atom stereocenters. The van der Waals surface area contributed by atoms with E-state index in [0.717, 1.165) is 51.6 Å². The first-order valence-electron chi connectivity index (χ1n) is 10.3. The van der Waals surface area contributed by atoms with Crippen LogP contribution in [-0.4, -0.2) is 84.3 Å². The van der Waals surface area contributed by atoms with Gasteiger partial charge >= 0.3 is 0 Å². The summed E-state index contributed by atoms with van der Waals surface area (Å²) in [7, 11) is 0. The van der Waals surface area contributed by atoms with E-state index in [4.69, 9.17) is 4.42 Å². The summed E-state index contributed by atoms with van der Waals surface area (Å²) in [6, 6.07) is 7.07. The van der Waals surface area contributed by atoms with Crippen LogP contribution in [0.25, 0.3) is 0 Å². The number of amides is 1. The number of anilines is 2. The molecule has 2 aromatic heterocycles. The number of piperazine rings is 1. The monoisotopic (exact) mass is 401 g/mol. The number of hydrogen-bond donors (Lipinski definition) is 2. The van der Waals surface area contributed by atoms with E-state index in [-0.39, 0.29) is 17.8 Å². The van der Waals surface area contributed by atoms with Crippen molar-refractivity contribution in [2.45, 2.75) is 20.0 Å². The second-order valence-electron chi connectivity index (χ2n) is 7.26. The predicted octanol–water partition coefficient (Wildman–Crippen LogP) is 1.75. The van der Waals surface area contributed by atoms with Gasteiger partial charge in [0.15, 0.2) is 5.76 Å². The second kappa shape index (κ2) is 10.4. The molecule has 0 saturated carbocycles. The molecule has 29 heavy (non-hydrogen) atoms. The van der Waals surface area contributed by atoms with Gasteiger partial charge in [-0.15, -0.1) is 0 Å². The zero-order chi connectivity index (χ0) is 20.6. The number of aromatic nitrogens is 1. The van der Waals surface area contributed by atoms with Crippen LogP contribution in [0.15, 0.2) is 41.1 Å². The fourth-order valence-corrected chi connectivity index (χ4v) is 3.54. The number of nitrogens with zero attached hydrogens (tertiary/aromatic N) is 4. The van der Waals surface area contributed by atoms with Crippen molar-refractivity contribution in [3.63, 3.8) is 0 Å². The zero-order valence-corrected chi connectivity index (χ0v) is 17.3. The number of carbonyl (C=O) groups excluding carboxylic acids is 1. The largest absolute Gasteiger partial charge is 0.459 e. The first-order chi connectivity index (χ1) is 14.1. The molecule has 0 radical (unpaired) electrons. The lowest BCUT2D eigenvalue weighted by Gasteiger charge is -2.36. The molecule has 1 aliphatic heterocycles. The minimum absolute atomic E-state index is 0.272. The van der Waals surface area contributed by atoms with Gasteiger partial charge in [-0.25, -0.2) is 4.98 Å². The topological polar surface area (TPSA) is 85.1 Å². The van der Waals surface area contributed by atoms with Gasteiger partial charge in [-0.2, -0.15) is 0 Å². The van der Waals surface area contributed by atoms with E-state index >= 15 is 0 Å². The molecule has 1 unspecified atom stereocenters. The lowest BCUT2D eigenvalue weighted by molar-refractivity contribution is 0.0749. The van der Waals surface area contributed by atoms with Gasteiger partial charge in [0.1, 0.15) is 5.82 Å². The number of β-amino-alcohol motifs (C(OH)–C–C–N with tert-alkyl or cyclic N) is 1. The lowest BCUT2D eigenvalue weighted by atomic mass is 10.2. The van der Waals surface area contributed by atoms with E-state index in [1.54, 1.807) is 18.3 Å². The maximum atomic E-state index is 12.0. The molecule has 1 aliphatic rings. The fraction of sp³-hybridized carbons (Fsp3) is 0.524. The van der Waals surface area contributed by atoms with Crippen LogP contribution in [0.1, 0.15) is 24.4 Å². The fourth-order valence-electron chi connectivity index (χ4n) is 3.54. The third-order valence-electron chi connectivity index (χ3n) is 5.28. The van der Waals surface area contributed by atoms with Crippen LogP contribution >= 0.6 is 0 Å². The molecule has 8 heteroatoms. The number of likely N-dealkylation sites (N-methyl/N-ethyl adjacent to an activating group) is 1. The number of aliphatic hydroxyl groups excluding tert-OH is 1. The van der Waals surface area contributed by atoms with Crippen LogP contribution in [-0.2, 0) is 0 Å². The molecule has 3 heterocycles. The maximum Gasteiger partial charge on any atom is 0.291 e. The normalized spacial score (nSPS) is 16.2. The van der Waals surface area contributed by atoms with Crippen LogP contribution < -0.4 is 10.2 Å². The summed E-state index contributed by atoms with van der Waals surface area (Å²) in [4.78, 5) is 23.3. The van der Waals surface area contributed by atoms with Crippen molar-refractivity contribution in [1.82, 2.24) is 14.8 Å². The molecule has 1 fully saturated rings. The number of hydrogen-bond acceptors (Lipinski definition) is 7. The van der Waals surface area contributed by atoms with Gasteiger partial charge in [-0.05, 0) is 37.4 Å². The third kappa shape index (κ3) is 6.03. The quantitative estimate of drug-likeness (QED) is 0.662. The Balaban J connectivity index is 1.45. The van der Waals surface area contributed by atoms with Gasteiger partial charge in [-0.1, -0.05) is 13.8 Å². The minimum atomic E-state index is -0.323. The SMILES string of the molecule is CCN(CC)CC(O)CN1CCN(c2ccc(NC(=O)c3ccco3)cn2)CC1. The summed E-state index contributed by atoms with van der Waals surface area (Å²) >= 11 is 0. The summed E-state index contributed by atoms with van der Waals surface area (Å²) in [6.07, 6.45) is 2.81. The summed E-state index contributed by atoms with van der Waals surface area (Å²) in [5.41, 5.74) is 0.633. The first-order valence-corrected chi connectivity index (χ1v) is 10.3. The molecule has 0 aliphatic carbocycles. The third-order valence-corrected chi connectivity index (χ3v) is 5.28. The zero-order valence-electron chi connectivity index (χ0n) is 17.3. The highest BCUT2D eigenvalue weighted by atomic mass is 16.3. The highest BCUT2D eigenvalue weighted by Crippen LogP contribution is 2.17. The molecule has 0 aromatic carbocycles. The molecule has 158 valence electrons. The van der Waals surface area contributed by atoms with Gasteiger partial charge in [-0.3, -0.25) is 9.69 Å². The number of nitrogens with one attached hydrogen (secondary N) is 1. The average molecular weight is 402 g/mol. The highest BCUT2D eigenvalue weighted by Gasteiger charge is 2.21. The van der Waals surface area contributed by atoms with E-state index < -0.39 is 0 Å². The van der Waals surface area contributed by atoms with Crippen LogP contribution in [0.3, 0.4) is 0 Å². The number of rotatable bonds is 9. The Bertz CT molecular complexity index is 738. The molecule has 2 N–H and O–H groups in total. The van der Waals surface area contributed by atoms with Crippen LogP contribution in [0.4, 0.5) is 11.5 Å². The number of carbonyl (C=O) groups is 1. The molecule has 1 amide bonds. The Morgan fingerprint density at radius 1 is 1.24 bits per heavy atom. The van der Waals surface area contributed by atoms with Crippen molar-refractivity contribution in [3.8, 4) is 0 Å². The van der Waals surface area contributed by atoms with E-state index in [1.807, 2.05) is 12.1 Å². The standard InChI is InChI=1S/C21H31N5O3/c1-3-24(4-2)15-18(27)16-25-9-11-26(12-10-25)20-8-7-17(14-22-20)23-21(28)19-6-5-13-29-19/h5-8,13-14,18,27H,3-4,9-12,15-16H2,1-2H3,(H,23,28). The summed E-state index contributed by atoms with van der Waals surface area (Å²) in [5, 5.41) is 13.1. The van der Waals surface area contributed by atoms with Gasteiger partial charge in [0.25, 0.3) is 5.91 Å². The van der Waals surface area contributed by atoms with Gasteiger partial charge in [0.05, 0.1) is 24.3 Å². The molecule has 0 spiro atoms. The predicted molar refractivity (Wildman–Crippen MR) is 113 cm³/mol. The highest BCUT2D eigenvalue weighted by molar-refractivity contribution is 6.02. The number of furan rings is 1. The van der Waals surface area contributed by atoms with E-state index in [2.05, 4.69) is 38.8 Å². The Hall–Kier alpha value is -2.42. The summed E-state index contributed by atoms with van der Waals surface area (Å²) in [5.74, 6) is 0.874. The van der Waals surface area contributed by atoms with Crippen molar-refractivity contribution < 1.29 is 14.3 Å². The molecule has 8 nitrogen and oxygen atoms in total. The van der Waals surface area contributed by atoms with Crippen LogP contribution in [0.5, 0.6) is 0 Å². The molecular formula is C21H31N5O3. The Kier molecular flexibility index (Phi) is 7.62. The molecule has 2 aromatic rings. The maximum absolute atomic E-state index is 12.0. The molecule has 0 bridgehead atoms. The lowest BCUT2D eigenvalue weighted by Crippen LogP contribution is -2.50. The smallest absolute Gasteiger partial charge is 0.291 e. The van der Waals surface area contributed by atoms with Gasteiger partial charge < -0.3 is 24.6 Å². The van der Waals surface area contributed by atoms with Crippen molar-refractivity contribution >= 4 is 17.4 Å². The van der Waals surface area contributed by atoms with E-state index in [1.165, 1.54) is 6.26 Å². The van der Waals surface area contributed by atoms with Crippen LogP contribution in [0, 0.1) is 0 Å². The van der Waals surface area contributed by atoms with Gasteiger partial charge in [0, 0.05) is 39.3 Å².